The van der Waals surface area contributed by atoms with E-state index in [0.29, 0.717) is 11.3 Å². The lowest BCUT2D eigenvalue weighted by molar-refractivity contribution is -0.385. The number of hydrogen-bond donors (Lipinski definition) is 2. The molecule has 3 aromatic carbocycles. The van der Waals surface area contributed by atoms with Gasteiger partial charge < -0.3 is 14.8 Å². The largest absolute Gasteiger partial charge is 0.507 e. The molecule has 31 heavy (non-hydrogen) atoms. The van der Waals surface area contributed by atoms with Gasteiger partial charge in [-0.15, -0.1) is 5.10 Å². The molecule has 0 unspecified atom stereocenters. The number of hydrogen-bond acceptors (Lipinski definition) is 7. The first-order valence-corrected chi connectivity index (χ1v) is 10.2. The van der Waals surface area contributed by atoms with Gasteiger partial charge >= 0.3 is 5.69 Å². The summed E-state index contributed by atoms with van der Waals surface area (Å²) >= 11 is 1.48. The van der Waals surface area contributed by atoms with E-state index >= 15 is 0 Å². The molecule has 0 bridgehead atoms. The molecule has 0 radical (unpaired) electrons. The van der Waals surface area contributed by atoms with Gasteiger partial charge in [0.2, 0.25) is 4.80 Å². The van der Waals surface area contributed by atoms with Gasteiger partial charge in [-0.1, -0.05) is 47.7 Å². The summed E-state index contributed by atoms with van der Waals surface area (Å²) in [6.07, 6.45) is 1.23. The van der Waals surface area contributed by atoms with Crippen molar-refractivity contribution in [2.24, 2.45) is 10.2 Å². The van der Waals surface area contributed by atoms with Crippen LogP contribution in [0.3, 0.4) is 0 Å². The average Bonchev–Trinajstić information content (AvgIpc) is 3.06. The minimum absolute atomic E-state index is 0.0832. The minimum atomic E-state index is -0.731. The summed E-state index contributed by atoms with van der Waals surface area (Å²) in [7, 11) is 0. The van der Waals surface area contributed by atoms with Crippen LogP contribution in [-0.2, 0) is 6.54 Å². The third-order valence-corrected chi connectivity index (χ3v) is 5.71. The van der Waals surface area contributed by atoms with Gasteiger partial charge in [-0.25, -0.2) is 0 Å². The first-order chi connectivity index (χ1) is 14.9. The third-order valence-electron chi connectivity index (χ3n) is 4.68. The molecule has 0 aliphatic heterocycles. The van der Waals surface area contributed by atoms with Crippen LogP contribution in [0.15, 0.2) is 70.9 Å². The Bertz CT molecular complexity index is 1370. The Morgan fingerprint density at radius 3 is 2.61 bits per heavy atom. The Morgan fingerprint density at radius 1 is 1.10 bits per heavy atom. The Morgan fingerprint density at radius 2 is 1.87 bits per heavy atom. The predicted molar refractivity (Wildman–Crippen MR) is 120 cm³/mol. The summed E-state index contributed by atoms with van der Waals surface area (Å²) in [4.78, 5) is 10.9. The number of rotatable bonds is 5. The van der Waals surface area contributed by atoms with Crippen molar-refractivity contribution < 1.29 is 15.1 Å². The number of nitrogens with zero attached hydrogens (tertiary/aromatic N) is 4. The number of nitro benzene ring substituents is 1. The molecule has 4 rings (SSSR count). The lowest BCUT2D eigenvalue weighted by Gasteiger charge is -2.05. The molecule has 0 aliphatic rings. The van der Waals surface area contributed by atoms with Crippen molar-refractivity contribution in [3.63, 3.8) is 0 Å². The zero-order chi connectivity index (χ0) is 22.0. The smallest absolute Gasteiger partial charge is 0.311 e. The Balaban J connectivity index is 1.78. The molecule has 0 saturated heterocycles. The SMILES string of the molecule is Cc1ccc2c(c1)s/c(=N/N=C/c1cc([N+](=O)[O-])c(O)cc1O)n2Cc1ccccc1. The normalized spacial score (nSPS) is 12.1. The van der Waals surface area contributed by atoms with Crippen LogP contribution in [0.2, 0.25) is 0 Å². The molecule has 0 atom stereocenters. The van der Waals surface area contributed by atoms with Crippen molar-refractivity contribution in [1.82, 2.24) is 4.57 Å². The number of phenols is 2. The highest BCUT2D eigenvalue weighted by molar-refractivity contribution is 7.16. The van der Waals surface area contributed by atoms with Crippen molar-refractivity contribution in [1.29, 1.82) is 0 Å². The molecule has 1 aromatic heterocycles. The van der Waals surface area contributed by atoms with E-state index in [9.17, 15) is 20.3 Å². The lowest BCUT2D eigenvalue weighted by Crippen LogP contribution is -2.15. The summed E-state index contributed by atoms with van der Waals surface area (Å²) in [6, 6.07) is 18.1. The van der Waals surface area contributed by atoms with Gasteiger partial charge in [0.05, 0.1) is 27.9 Å². The predicted octanol–water partition coefficient (Wildman–Crippen LogP) is 4.31. The van der Waals surface area contributed by atoms with Crippen molar-refractivity contribution in [2.45, 2.75) is 13.5 Å². The van der Waals surface area contributed by atoms with E-state index in [1.165, 1.54) is 17.6 Å². The molecule has 8 nitrogen and oxygen atoms in total. The van der Waals surface area contributed by atoms with E-state index in [1.807, 2.05) is 54.0 Å². The summed E-state index contributed by atoms with van der Waals surface area (Å²) in [5, 5.41) is 38.9. The highest BCUT2D eigenvalue weighted by Gasteiger charge is 2.16. The second kappa shape index (κ2) is 8.41. The monoisotopic (exact) mass is 434 g/mol. The molecular weight excluding hydrogens is 416 g/mol. The average molecular weight is 434 g/mol. The van der Waals surface area contributed by atoms with Gasteiger partial charge in [-0.2, -0.15) is 5.10 Å². The molecule has 0 spiro atoms. The highest BCUT2D eigenvalue weighted by atomic mass is 32.1. The van der Waals surface area contributed by atoms with E-state index in [4.69, 9.17) is 0 Å². The van der Waals surface area contributed by atoms with Crippen LogP contribution in [0, 0.1) is 17.0 Å². The van der Waals surface area contributed by atoms with Gasteiger partial charge in [-0.05, 0) is 30.2 Å². The van der Waals surface area contributed by atoms with E-state index in [2.05, 4.69) is 16.3 Å². The first kappa shape index (κ1) is 20.3. The number of phenolic OH excluding ortho intramolecular Hbond substituents is 2. The van der Waals surface area contributed by atoms with Crippen LogP contribution in [0.1, 0.15) is 16.7 Å². The number of thiazole rings is 1. The van der Waals surface area contributed by atoms with Crippen molar-refractivity contribution in [3.05, 3.63) is 92.3 Å². The molecule has 4 aromatic rings. The fraction of sp³-hybridized carbons (Fsp3) is 0.0909. The lowest BCUT2D eigenvalue weighted by atomic mass is 10.2. The maximum atomic E-state index is 11.0. The fourth-order valence-corrected chi connectivity index (χ4v) is 4.23. The van der Waals surface area contributed by atoms with Crippen LogP contribution in [0.4, 0.5) is 5.69 Å². The first-order valence-electron chi connectivity index (χ1n) is 9.34. The van der Waals surface area contributed by atoms with Crippen LogP contribution < -0.4 is 4.80 Å². The maximum Gasteiger partial charge on any atom is 0.311 e. The third kappa shape index (κ3) is 4.31. The second-order valence-electron chi connectivity index (χ2n) is 6.93. The number of benzene rings is 3. The summed E-state index contributed by atoms with van der Waals surface area (Å²) < 4.78 is 3.11. The molecule has 2 N–H and O–H groups in total. The number of nitro groups is 1. The number of aryl methyl sites for hydroxylation is 1. The summed E-state index contributed by atoms with van der Waals surface area (Å²) in [5.41, 5.74) is 2.84. The van der Waals surface area contributed by atoms with Crippen molar-refractivity contribution in [3.8, 4) is 11.5 Å². The molecule has 9 heteroatoms. The second-order valence-corrected chi connectivity index (χ2v) is 7.94. The summed E-state index contributed by atoms with van der Waals surface area (Å²) in [5.74, 6) is -0.941. The van der Waals surface area contributed by atoms with Crippen LogP contribution in [0.25, 0.3) is 10.2 Å². The maximum absolute atomic E-state index is 11.0. The van der Waals surface area contributed by atoms with Crippen LogP contribution in [-0.4, -0.2) is 25.9 Å². The van der Waals surface area contributed by atoms with Crippen molar-refractivity contribution >= 4 is 33.5 Å². The zero-order valence-corrected chi connectivity index (χ0v) is 17.3. The molecule has 156 valence electrons. The summed E-state index contributed by atoms with van der Waals surface area (Å²) in [6.45, 7) is 2.63. The molecular formula is C22H18N4O4S. The van der Waals surface area contributed by atoms with Gasteiger partial charge in [0, 0.05) is 17.7 Å². The quantitative estimate of drug-likeness (QED) is 0.277. The van der Waals surface area contributed by atoms with Gasteiger partial charge in [0.15, 0.2) is 5.75 Å². The fourth-order valence-electron chi connectivity index (χ4n) is 3.15. The number of aromatic hydroxyl groups is 2. The molecule has 0 saturated carbocycles. The van der Waals surface area contributed by atoms with E-state index in [0.717, 1.165) is 33.5 Å². The molecule has 1 heterocycles. The van der Waals surface area contributed by atoms with E-state index in [1.54, 1.807) is 0 Å². The van der Waals surface area contributed by atoms with Crippen molar-refractivity contribution in [2.75, 3.05) is 0 Å². The van der Waals surface area contributed by atoms with Gasteiger partial charge in [0.25, 0.3) is 0 Å². The Kier molecular flexibility index (Phi) is 5.50. The van der Waals surface area contributed by atoms with Crippen LogP contribution >= 0.6 is 11.3 Å². The topological polar surface area (TPSA) is 113 Å². The Hall–Kier alpha value is -3.98. The number of fused-ring (bicyclic) bond motifs is 1. The molecule has 0 fully saturated rings. The van der Waals surface area contributed by atoms with Gasteiger partial charge in [-0.3, -0.25) is 10.1 Å². The van der Waals surface area contributed by atoms with Gasteiger partial charge in [0.1, 0.15) is 5.75 Å². The van der Waals surface area contributed by atoms with Crippen LogP contribution in [0.5, 0.6) is 11.5 Å². The molecule has 0 aliphatic carbocycles. The number of aromatic nitrogens is 1. The standard InChI is InChI=1S/C22H18N4O4S/c1-14-7-8-17-21(9-14)31-22(25(17)13-15-5-3-2-4-6-15)24-23-12-16-10-18(26(29)30)20(28)11-19(16)27/h2-12,27-28H,13H2,1H3/b23-12+,24-22+. The van der Waals surface area contributed by atoms with E-state index in [-0.39, 0.29) is 11.3 Å². The van der Waals surface area contributed by atoms with E-state index < -0.39 is 16.4 Å². The Labute approximate surface area is 180 Å². The minimum Gasteiger partial charge on any atom is -0.507 e. The zero-order valence-electron chi connectivity index (χ0n) is 16.5. The highest BCUT2D eigenvalue weighted by Crippen LogP contribution is 2.32. The molecule has 0 amide bonds.